The molecular formula is CH4BrCl3. The van der Waals surface area contributed by atoms with Crippen LogP contribution in [0, 0.1) is 7.43 Å². The Balaban J connectivity index is 0. The lowest BCUT2D eigenvalue weighted by Gasteiger charge is -0.148. The van der Waals surface area contributed by atoms with Crippen LogP contribution >= 0.6 is 54.2 Å². The third kappa shape index (κ3) is 32.9. The van der Waals surface area contributed by atoms with Crippen molar-refractivity contribution in [1.29, 1.82) is 0 Å². The van der Waals surface area contributed by atoms with E-state index in [0.717, 1.165) is 0 Å². The maximum atomic E-state index is 0. The van der Waals surface area contributed by atoms with Crippen molar-refractivity contribution in [3.05, 3.63) is 7.43 Å². The monoisotopic (exact) mass is 200 g/mol. The molecule has 0 heterocycles. The van der Waals surface area contributed by atoms with Gasteiger partial charge in [-0.05, 0) is 0 Å². The maximum absolute atomic E-state index is 0. The molecule has 0 fully saturated rings. The topological polar surface area (TPSA) is 0 Å². The molecule has 0 N–H and O–H groups in total. The van der Waals surface area contributed by atoms with E-state index in [1.165, 1.54) is 0 Å². The molecule has 0 amide bonds. The summed E-state index contributed by atoms with van der Waals surface area (Å²) >= 11 is 0. The van der Waals surface area contributed by atoms with Gasteiger partial charge in [-0.1, -0.05) is 0 Å². The summed E-state index contributed by atoms with van der Waals surface area (Å²) in [6.07, 6.45) is 0. The van der Waals surface area contributed by atoms with Crippen LogP contribution in [-0.4, -0.2) is 0 Å². The summed E-state index contributed by atoms with van der Waals surface area (Å²) < 4.78 is 0. The minimum atomic E-state index is 0. The van der Waals surface area contributed by atoms with Gasteiger partial charge in [-0.3, -0.25) is 0 Å². The van der Waals surface area contributed by atoms with Crippen molar-refractivity contribution in [2.75, 3.05) is 0 Å². The number of halogens is 4. The highest BCUT2D eigenvalue weighted by atomic mass is 79.9. The Morgan fingerprint density at radius 1 is 0.600 bits per heavy atom. The van der Waals surface area contributed by atoms with Gasteiger partial charge in [0.15, 0.2) is 0 Å². The van der Waals surface area contributed by atoms with Crippen LogP contribution in [0.15, 0.2) is 0 Å². The van der Waals surface area contributed by atoms with Crippen molar-refractivity contribution in [3.63, 3.8) is 0 Å². The summed E-state index contributed by atoms with van der Waals surface area (Å²) in [7, 11) is 0. The van der Waals surface area contributed by atoms with E-state index < -0.39 is 0 Å². The van der Waals surface area contributed by atoms with Gasteiger partial charge in [0, 0.05) is 7.43 Å². The summed E-state index contributed by atoms with van der Waals surface area (Å²) in [6.45, 7) is 0. The van der Waals surface area contributed by atoms with Gasteiger partial charge in [-0.2, -0.15) is 0 Å². The van der Waals surface area contributed by atoms with Crippen LogP contribution in [0.2, 0.25) is 0 Å². The molecule has 0 saturated heterocycles. The van der Waals surface area contributed by atoms with E-state index in [4.69, 9.17) is 0 Å². The zero-order chi connectivity index (χ0) is 0. The first-order valence-corrected chi connectivity index (χ1v) is 0. The molecule has 4 radical (unpaired) electrons. The van der Waals surface area contributed by atoms with Crippen molar-refractivity contribution in [1.82, 2.24) is 0 Å². The van der Waals surface area contributed by atoms with Gasteiger partial charge in [0.25, 0.3) is 0 Å². The highest BCUT2D eigenvalue weighted by Crippen LogP contribution is 0.846. The molecule has 0 rings (SSSR count). The molecule has 0 aliphatic rings. The Kier molecular flexibility index (Phi) is 1110. The highest BCUT2D eigenvalue weighted by molar-refractivity contribution is 8.93. The third-order valence-electron chi connectivity index (χ3n) is 0. The molecule has 0 aliphatic heterocycles. The van der Waals surface area contributed by atoms with Crippen LogP contribution in [0.5, 0.6) is 0 Å². The largest absolute Gasteiger partial charge is 0.147 e. The Hall–Kier alpha value is 1.35. The zero-order valence-electron chi connectivity index (χ0n) is 2.13. The van der Waals surface area contributed by atoms with E-state index in [2.05, 4.69) is 0 Å². The van der Waals surface area contributed by atoms with Gasteiger partial charge in [-0.25, -0.2) is 0 Å². The Morgan fingerprint density at radius 2 is 0.600 bits per heavy atom. The van der Waals surface area contributed by atoms with Gasteiger partial charge in [0.05, 0.1) is 0 Å². The van der Waals surface area contributed by atoms with Crippen molar-refractivity contribution in [3.8, 4) is 0 Å². The van der Waals surface area contributed by atoms with Crippen molar-refractivity contribution in [2.24, 2.45) is 0 Å². The summed E-state index contributed by atoms with van der Waals surface area (Å²) in [4.78, 5) is 0. The van der Waals surface area contributed by atoms with Gasteiger partial charge in [0.1, 0.15) is 0 Å². The number of hydrogen-bond acceptors (Lipinski definition) is 0. The molecule has 0 nitrogen and oxygen atoms in total. The SMILES string of the molecule is Br.Cl.Cl.Cl.[C]. The van der Waals surface area contributed by atoms with E-state index in [1.54, 1.807) is 0 Å². The second kappa shape index (κ2) is 55.5. The fourth-order valence-electron chi connectivity index (χ4n) is 0. The summed E-state index contributed by atoms with van der Waals surface area (Å²) in [5, 5.41) is 0. The van der Waals surface area contributed by atoms with E-state index >= 15 is 0 Å². The van der Waals surface area contributed by atoms with Crippen molar-refractivity contribution >= 4 is 54.2 Å². The average Bonchev–Trinajstić information content (AvgIpc) is 0. The van der Waals surface area contributed by atoms with Crippen LogP contribution in [-0.2, 0) is 0 Å². The minimum absolute atomic E-state index is 0. The third-order valence-corrected chi connectivity index (χ3v) is 0. The molecule has 0 saturated carbocycles. The van der Waals surface area contributed by atoms with E-state index in [9.17, 15) is 0 Å². The second-order valence-electron chi connectivity index (χ2n) is 0. The van der Waals surface area contributed by atoms with Crippen LogP contribution in [0.25, 0.3) is 0 Å². The first-order valence-electron chi connectivity index (χ1n) is 0. The lowest BCUT2D eigenvalue weighted by molar-refractivity contribution is 3.24. The molecule has 0 aromatic carbocycles. The number of rotatable bonds is 0. The van der Waals surface area contributed by atoms with Crippen LogP contribution < -0.4 is 0 Å². The lowest BCUT2D eigenvalue weighted by atomic mass is 12.0. The van der Waals surface area contributed by atoms with Gasteiger partial charge in [0.2, 0.25) is 0 Å². The molecule has 0 atom stereocenters. The van der Waals surface area contributed by atoms with E-state index in [0.29, 0.717) is 0 Å². The molecule has 0 bridgehead atoms. The fourth-order valence-corrected chi connectivity index (χ4v) is 0. The Morgan fingerprint density at radius 3 is 0.600 bits per heavy atom. The predicted octanol–water partition coefficient (Wildman–Crippen LogP) is 1.92. The molecule has 4 heteroatoms. The lowest BCUT2D eigenvalue weighted by Crippen LogP contribution is 0.0813. The molecule has 5 heavy (non-hydrogen) atoms. The molecule has 0 aliphatic carbocycles. The van der Waals surface area contributed by atoms with Gasteiger partial charge in [-0.15, -0.1) is 54.2 Å². The van der Waals surface area contributed by atoms with Gasteiger partial charge < -0.3 is 0 Å². The van der Waals surface area contributed by atoms with E-state index in [1.807, 2.05) is 0 Å². The minimum Gasteiger partial charge on any atom is -0.147 e. The molecule has 0 aromatic rings. The quantitative estimate of drug-likeness (QED) is 0.563. The first-order chi connectivity index (χ1) is 0. The molecule has 0 unspecified atom stereocenters. The van der Waals surface area contributed by atoms with Crippen LogP contribution in [0.3, 0.4) is 0 Å². The maximum Gasteiger partial charge on any atom is 0 e. The molecule has 0 spiro atoms. The van der Waals surface area contributed by atoms with Gasteiger partial charge >= 0.3 is 0 Å². The number of hydrogen-bond donors (Lipinski definition) is 0. The summed E-state index contributed by atoms with van der Waals surface area (Å²) in [5.41, 5.74) is 0. The standard InChI is InChI=1S/C.BrH.3ClH/h;4*1H. The van der Waals surface area contributed by atoms with Crippen LogP contribution in [0.4, 0.5) is 0 Å². The highest BCUT2D eigenvalue weighted by Gasteiger charge is 0.0000299. The summed E-state index contributed by atoms with van der Waals surface area (Å²) in [6, 6.07) is 0. The second-order valence-corrected chi connectivity index (χ2v) is 0. The first kappa shape index (κ1) is 99.7. The smallest absolute Gasteiger partial charge is 0 e. The molecule has 0 aromatic heterocycles. The predicted molar refractivity (Wildman–Crippen MR) is 35.3 cm³/mol. The molecule has 36 valence electrons. The zero-order valence-corrected chi connectivity index (χ0v) is 6.30. The van der Waals surface area contributed by atoms with E-state index in [-0.39, 0.29) is 61.6 Å². The Labute approximate surface area is 61.7 Å². The summed E-state index contributed by atoms with van der Waals surface area (Å²) in [5.74, 6) is 0. The average molecular weight is 202 g/mol. The molecular weight excluding hydrogens is 198 g/mol. The Bertz CT molecular complexity index is 6.85. The van der Waals surface area contributed by atoms with Crippen molar-refractivity contribution in [2.45, 2.75) is 0 Å². The van der Waals surface area contributed by atoms with Crippen molar-refractivity contribution < 1.29 is 0 Å². The van der Waals surface area contributed by atoms with Crippen LogP contribution in [0.1, 0.15) is 0 Å². The fraction of sp³-hybridized carbons (Fsp3) is 0. The normalized spacial score (nSPS) is 0.